The van der Waals surface area contributed by atoms with Crippen molar-refractivity contribution in [2.75, 3.05) is 0 Å². The molecule has 0 atom stereocenters. The third-order valence-electron chi connectivity index (χ3n) is 2.43. The van der Waals surface area contributed by atoms with Gasteiger partial charge in [0.1, 0.15) is 5.75 Å². The summed E-state index contributed by atoms with van der Waals surface area (Å²) in [6, 6.07) is 11.3. The molecule has 3 aromatic rings. The van der Waals surface area contributed by atoms with E-state index in [0.717, 1.165) is 25.2 Å². The lowest BCUT2D eigenvalue weighted by molar-refractivity contribution is 0.476. The van der Waals surface area contributed by atoms with Crippen molar-refractivity contribution in [3.63, 3.8) is 0 Å². The minimum atomic E-state index is 0.296. The second kappa shape index (κ2) is 3.12. The van der Waals surface area contributed by atoms with Crippen molar-refractivity contribution < 1.29 is 5.11 Å². The van der Waals surface area contributed by atoms with Gasteiger partial charge in [0.15, 0.2) is 0 Å². The molecule has 15 heavy (non-hydrogen) atoms. The first-order valence-electron chi connectivity index (χ1n) is 4.55. The van der Waals surface area contributed by atoms with E-state index in [1.165, 1.54) is 0 Å². The molecule has 0 saturated heterocycles. The molecule has 1 aromatic heterocycles. The molecule has 3 heteroatoms. The monoisotopic (exact) mass is 234 g/mol. The highest BCUT2D eigenvalue weighted by atomic mass is 35.5. The van der Waals surface area contributed by atoms with Crippen LogP contribution >= 0.6 is 22.9 Å². The van der Waals surface area contributed by atoms with Gasteiger partial charge in [-0.2, -0.15) is 0 Å². The van der Waals surface area contributed by atoms with E-state index in [-0.39, 0.29) is 0 Å². The molecule has 0 amide bonds. The first-order valence-corrected chi connectivity index (χ1v) is 5.75. The van der Waals surface area contributed by atoms with Crippen molar-refractivity contribution >= 4 is 43.1 Å². The van der Waals surface area contributed by atoms with E-state index in [1.807, 2.05) is 24.3 Å². The molecule has 0 spiro atoms. The second-order valence-corrected chi connectivity index (χ2v) is 4.89. The SMILES string of the molecule is Oc1ccc2c(c1)sc1cccc(Cl)c12. The average Bonchev–Trinajstić information content (AvgIpc) is 2.56. The van der Waals surface area contributed by atoms with Gasteiger partial charge in [-0.05, 0) is 30.3 Å². The maximum absolute atomic E-state index is 9.40. The summed E-state index contributed by atoms with van der Waals surface area (Å²) in [5.41, 5.74) is 0. The van der Waals surface area contributed by atoms with Crippen LogP contribution in [0.5, 0.6) is 5.75 Å². The van der Waals surface area contributed by atoms with E-state index in [0.29, 0.717) is 5.75 Å². The van der Waals surface area contributed by atoms with E-state index in [9.17, 15) is 5.11 Å². The minimum Gasteiger partial charge on any atom is -0.508 e. The zero-order valence-corrected chi connectivity index (χ0v) is 9.27. The van der Waals surface area contributed by atoms with Gasteiger partial charge >= 0.3 is 0 Å². The van der Waals surface area contributed by atoms with Crippen molar-refractivity contribution in [1.29, 1.82) is 0 Å². The van der Waals surface area contributed by atoms with Crippen molar-refractivity contribution in [3.05, 3.63) is 41.4 Å². The number of aromatic hydroxyl groups is 1. The van der Waals surface area contributed by atoms with E-state index < -0.39 is 0 Å². The van der Waals surface area contributed by atoms with Gasteiger partial charge in [0.25, 0.3) is 0 Å². The lowest BCUT2D eigenvalue weighted by Crippen LogP contribution is -1.68. The van der Waals surface area contributed by atoms with Gasteiger partial charge in [-0.15, -0.1) is 11.3 Å². The number of rotatable bonds is 0. The van der Waals surface area contributed by atoms with Crippen LogP contribution in [0.2, 0.25) is 5.02 Å². The zero-order valence-electron chi connectivity index (χ0n) is 7.70. The Morgan fingerprint density at radius 1 is 1.07 bits per heavy atom. The Balaban J connectivity index is 2.59. The fourth-order valence-corrected chi connectivity index (χ4v) is 3.27. The lowest BCUT2D eigenvalue weighted by atomic mass is 10.1. The normalized spacial score (nSPS) is 11.3. The molecule has 74 valence electrons. The molecular formula is C12H7ClOS. The zero-order chi connectivity index (χ0) is 10.4. The Labute approximate surface area is 95.5 Å². The van der Waals surface area contributed by atoms with Crippen molar-refractivity contribution in [1.82, 2.24) is 0 Å². The molecular weight excluding hydrogens is 228 g/mol. The van der Waals surface area contributed by atoms with E-state index >= 15 is 0 Å². The smallest absolute Gasteiger partial charge is 0.117 e. The van der Waals surface area contributed by atoms with Gasteiger partial charge in [-0.1, -0.05) is 17.7 Å². The van der Waals surface area contributed by atoms with Crippen LogP contribution in [0.15, 0.2) is 36.4 Å². The van der Waals surface area contributed by atoms with Gasteiger partial charge in [-0.25, -0.2) is 0 Å². The number of halogens is 1. The number of thiophene rings is 1. The Morgan fingerprint density at radius 2 is 1.93 bits per heavy atom. The van der Waals surface area contributed by atoms with E-state index in [1.54, 1.807) is 23.5 Å². The van der Waals surface area contributed by atoms with Crippen LogP contribution in [0, 0.1) is 0 Å². The fraction of sp³-hybridized carbons (Fsp3) is 0. The molecule has 0 radical (unpaired) electrons. The predicted octanol–water partition coefficient (Wildman–Crippen LogP) is 4.41. The number of phenolic OH excluding ortho intramolecular Hbond substituents is 1. The third kappa shape index (κ3) is 1.29. The van der Waals surface area contributed by atoms with Gasteiger partial charge < -0.3 is 5.11 Å². The van der Waals surface area contributed by atoms with Gasteiger partial charge in [0.2, 0.25) is 0 Å². The van der Waals surface area contributed by atoms with Crippen LogP contribution < -0.4 is 0 Å². The highest BCUT2D eigenvalue weighted by Gasteiger charge is 2.07. The molecule has 0 aliphatic rings. The van der Waals surface area contributed by atoms with Gasteiger partial charge in [-0.3, -0.25) is 0 Å². The number of hydrogen-bond donors (Lipinski definition) is 1. The average molecular weight is 235 g/mol. The highest BCUT2D eigenvalue weighted by molar-refractivity contribution is 7.26. The molecule has 3 rings (SSSR count). The molecule has 1 N–H and O–H groups in total. The molecule has 0 aliphatic carbocycles. The highest BCUT2D eigenvalue weighted by Crippen LogP contribution is 2.38. The molecule has 0 unspecified atom stereocenters. The van der Waals surface area contributed by atoms with Crippen LogP contribution in [0.3, 0.4) is 0 Å². The fourth-order valence-electron chi connectivity index (χ4n) is 1.77. The minimum absolute atomic E-state index is 0.296. The Hall–Kier alpha value is -1.25. The summed E-state index contributed by atoms with van der Waals surface area (Å²) in [4.78, 5) is 0. The summed E-state index contributed by atoms with van der Waals surface area (Å²) in [6.45, 7) is 0. The standard InChI is InChI=1S/C12H7ClOS/c13-9-2-1-3-10-12(9)8-5-4-7(14)6-11(8)15-10/h1-6,14H. The molecule has 0 saturated carbocycles. The summed E-state index contributed by atoms with van der Waals surface area (Å²) in [5.74, 6) is 0.296. The maximum Gasteiger partial charge on any atom is 0.117 e. The number of phenols is 1. The Kier molecular flexibility index (Phi) is 1.87. The van der Waals surface area contributed by atoms with E-state index in [4.69, 9.17) is 11.6 Å². The molecule has 0 bridgehead atoms. The van der Waals surface area contributed by atoms with Gasteiger partial charge in [0, 0.05) is 25.2 Å². The molecule has 0 fully saturated rings. The van der Waals surface area contributed by atoms with Crippen LogP contribution in [0.4, 0.5) is 0 Å². The van der Waals surface area contributed by atoms with E-state index in [2.05, 4.69) is 0 Å². The molecule has 2 aromatic carbocycles. The Bertz CT molecular complexity index is 657. The summed E-state index contributed by atoms with van der Waals surface area (Å²) in [7, 11) is 0. The molecule has 0 aliphatic heterocycles. The van der Waals surface area contributed by atoms with Crippen molar-refractivity contribution in [2.24, 2.45) is 0 Å². The largest absolute Gasteiger partial charge is 0.508 e. The third-order valence-corrected chi connectivity index (χ3v) is 3.86. The number of benzene rings is 2. The first-order chi connectivity index (χ1) is 7.25. The lowest BCUT2D eigenvalue weighted by Gasteiger charge is -1.94. The van der Waals surface area contributed by atoms with Crippen LogP contribution in [0.1, 0.15) is 0 Å². The number of hydrogen-bond acceptors (Lipinski definition) is 2. The van der Waals surface area contributed by atoms with Crippen molar-refractivity contribution in [3.8, 4) is 5.75 Å². The number of fused-ring (bicyclic) bond motifs is 3. The quantitative estimate of drug-likeness (QED) is 0.611. The summed E-state index contributed by atoms with van der Waals surface area (Å²) >= 11 is 7.81. The van der Waals surface area contributed by atoms with Crippen LogP contribution in [0.25, 0.3) is 20.2 Å². The summed E-state index contributed by atoms with van der Waals surface area (Å²) in [6.07, 6.45) is 0. The van der Waals surface area contributed by atoms with Crippen LogP contribution in [-0.4, -0.2) is 5.11 Å². The first kappa shape index (κ1) is 9.01. The molecule has 1 nitrogen and oxygen atoms in total. The van der Waals surface area contributed by atoms with Gasteiger partial charge in [0.05, 0.1) is 0 Å². The van der Waals surface area contributed by atoms with Crippen LogP contribution in [-0.2, 0) is 0 Å². The predicted molar refractivity (Wildman–Crippen MR) is 66.0 cm³/mol. The summed E-state index contributed by atoms with van der Waals surface area (Å²) < 4.78 is 2.22. The Morgan fingerprint density at radius 3 is 2.80 bits per heavy atom. The maximum atomic E-state index is 9.40. The van der Waals surface area contributed by atoms with Crippen molar-refractivity contribution in [2.45, 2.75) is 0 Å². The molecule has 1 heterocycles. The second-order valence-electron chi connectivity index (χ2n) is 3.40. The summed E-state index contributed by atoms with van der Waals surface area (Å²) in [5, 5.41) is 12.4. The topological polar surface area (TPSA) is 20.2 Å².